The molecule has 0 aliphatic carbocycles. The Balaban J connectivity index is 1.55. The number of aryl methyl sites for hydroxylation is 1. The molecule has 200 valence electrons. The van der Waals surface area contributed by atoms with E-state index in [4.69, 9.17) is 14.7 Å². The minimum Gasteiger partial charge on any atom is -0.377 e. The average molecular weight is 524 g/mol. The van der Waals surface area contributed by atoms with Crippen LogP contribution in [0.2, 0.25) is 0 Å². The summed E-state index contributed by atoms with van der Waals surface area (Å²) < 4.78 is 38.9. The first kappa shape index (κ1) is 24.7. The van der Waals surface area contributed by atoms with E-state index in [-0.39, 0.29) is 17.9 Å². The van der Waals surface area contributed by atoms with Crippen molar-refractivity contribution in [3.05, 3.63) is 41.7 Å². The van der Waals surface area contributed by atoms with Gasteiger partial charge < -0.3 is 20.3 Å². The van der Waals surface area contributed by atoms with Crippen LogP contribution in [-0.2, 0) is 4.74 Å². The zero-order valence-corrected chi connectivity index (χ0v) is 21.7. The first-order chi connectivity index (χ1) is 18.4. The Hall–Kier alpha value is -3.64. The number of halogens is 2. The lowest BCUT2D eigenvalue weighted by atomic mass is 10.1. The molecule has 10 nitrogen and oxygen atoms in total. The third-order valence-electron chi connectivity index (χ3n) is 7.34. The SMILES string of the molecule is CNc1nc2cc(F)ccc2n1-c1nc(-c2c(C)nn(C3CCNCC3)c2F)cc(N2CCOC[C@H]2C)n1. The molecule has 0 radical (unpaired) electrons. The van der Waals surface area contributed by atoms with Crippen molar-refractivity contribution in [1.82, 2.24) is 34.6 Å². The quantitative estimate of drug-likeness (QED) is 0.411. The van der Waals surface area contributed by atoms with E-state index in [2.05, 4.69) is 32.5 Å². The monoisotopic (exact) mass is 523 g/mol. The zero-order chi connectivity index (χ0) is 26.4. The predicted octanol–water partition coefficient (Wildman–Crippen LogP) is 3.46. The van der Waals surface area contributed by atoms with Crippen LogP contribution in [-0.4, -0.2) is 75.2 Å². The van der Waals surface area contributed by atoms with Gasteiger partial charge in [0.2, 0.25) is 17.8 Å². The maximum Gasteiger partial charge on any atom is 0.239 e. The number of morpholine rings is 1. The number of nitrogens with zero attached hydrogens (tertiary/aromatic N) is 7. The highest BCUT2D eigenvalue weighted by Gasteiger charge is 2.28. The highest BCUT2D eigenvalue weighted by molar-refractivity contribution is 5.81. The Morgan fingerprint density at radius 3 is 2.68 bits per heavy atom. The molecule has 6 rings (SSSR count). The van der Waals surface area contributed by atoms with Gasteiger partial charge in [0.05, 0.1) is 53.3 Å². The van der Waals surface area contributed by atoms with Crippen molar-refractivity contribution in [3.8, 4) is 17.2 Å². The predicted molar refractivity (Wildman–Crippen MR) is 141 cm³/mol. The second kappa shape index (κ2) is 9.91. The van der Waals surface area contributed by atoms with E-state index in [9.17, 15) is 4.39 Å². The fourth-order valence-corrected chi connectivity index (χ4v) is 5.39. The van der Waals surface area contributed by atoms with E-state index in [0.29, 0.717) is 65.5 Å². The summed E-state index contributed by atoms with van der Waals surface area (Å²) in [6.07, 6.45) is 1.62. The summed E-state index contributed by atoms with van der Waals surface area (Å²) in [6, 6.07) is 6.28. The summed E-state index contributed by atoms with van der Waals surface area (Å²) in [7, 11) is 1.73. The number of rotatable bonds is 5. The number of benzene rings is 1. The van der Waals surface area contributed by atoms with E-state index >= 15 is 4.39 Å². The lowest BCUT2D eigenvalue weighted by Gasteiger charge is -2.34. The van der Waals surface area contributed by atoms with Crippen molar-refractivity contribution in [1.29, 1.82) is 0 Å². The van der Waals surface area contributed by atoms with Gasteiger partial charge in [-0.15, -0.1) is 0 Å². The minimum atomic E-state index is -0.397. The van der Waals surface area contributed by atoms with Crippen molar-refractivity contribution in [3.63, 3.8) is 0 Å². The molecule has 2 saturated heterocycles. The van der Waals surface area contributed by atoms with E-state index < -0.39 is 5.95 Å². The molecule has 2 fully saturated rings. The number of hydrogen-bond acceptors (Lipinski definition) is 8. The molecule has 12 heteroatoms. The third kappa shape index (κ3) is 4.27. The maximum absolute atomic E-state index is 16.0. The Bertz CT molecular complexity index is 1480. The van der Waals surface area contributed by atoms with Crippen LogP contribution in [0.1, 0.15) is 31.5 Å². The molecular formula is C26H31F2N9O. The Kier molecular flexibility index (Phi) is 6.44. The number of nitrogens with one attached hydrogen (secondary N) is 2. The summed E-state index contributed by atoms with van der Waals surface area (Å²) in [5.41, 5.74) is 2.46. The molecule has 38 heavy (non-hydrogen) atoms. The van der Waals surface area contributed by atoms with Crippen LogP contribution in [0.15, 0.2) is 24.3 Å². The van der Waals surface area contributed by atoms with E-state index in [0.717, 1.165) is 25.9 Å². The molecule has 4 aromatic rings. The molecule has 0 saturated carbocycles. The molecule has 0 unspecified atom stereocenters. The number of aromatic nitrogens is 6. The van der Waals surface area contributed by atoms with Crippen molar-refractivity contribution < 1.29 is 13.5 Å². The summed E-state index contributed by atoms with van der Waals surface area (Å²) in [5, 5.41) is 11.0. The molecule has 2 aliphatic heterocycles. The molecule has 0 amide bonds. The smallest absolute Gasteiger partial charge is 0.239 e. The fourth-order valence-electron chi connectivity index (χ4n) is 5.39. The van der Waals surface area contributed by atoms with Crippen LogP contribution in [0.4, 0.5) is 20.5 Å². The molecule has 2 aliphatic rings. The van der Waals surface area contributed by atoms with Crippen molar-refractivity contribution in [2.45, 2.75) is 38.8 Å². The van der Waals surface area contributed by atoms with Gasteiger partial charge in [0.15, 0.2) is 0 Å². The first-order valence-corrected chi connectivity index (χ1v) is 13.0. The van der Waals surface area contributed by atoms with Crippen molar-refractivity contribution in [2.24, 2.45) is 0 Å². The van der Waals surface area contributed by atoms with Crippen LogP contribution in [0.5, 0.6) is 0 Å². The van der Waals surface area contributed by atoms with Gasteiger partial charge >= 0.3 is 0 Å². The van der Waals surface area contributed by atoms with Crippen molar-refractivity contribution in [2.75, 3.05) is 50.1 Å². The number of piperidine rings is 1. The number of ether oxygens (including phenoxy) is 1. The van der Waals surface area contributed by atoms with Gasteiger partial charge in [-0.25, -0.2) is 23.6 Å². The van der Waals surface area contributed by atoms with Gasteiger partial charge in [-0.3, -0.25) is 0 Å². The number of hydrogen-bond donors (Lipinski definition) is 2. The Morgan fingerprint density at radius 2 is 1.92 bits per heavy atom. The molecule has 1 aromatic carbocycles. The molecular weight excluding hydrogens is 492 g/mol. The second-order valence-corrected chi connectivity index (χ2v) is 9.86. The number of imidazole rings is 1. The minimum absolute atomic E-state index is 0.00729. The van der Waals surface area contributed by atoms with Gasteiger partial charge in [-0.2, -0.15) is 14.5 Å². The maximum atomic E-state index is 16.0. The Labute approximate surface area is 219 Å². The van der Waals surface area contributed by atoms with Crippen LogP contribution < -0.4 is 15.5 Å². The molecule has 1 atom stereocenters. The van der Waals surface area contributed by atoms with Crippen LogP contribution in [0.25, 0.3) is 28.2 Å². The molecule has 3 aromatic heterocycles. The average Bonchev–Trinajstić information content (AvgIpc) is 3.44. The van der Waals surface area contributed by atoms with Gasteiger partial charge in [0.25, 0.3) is 0 Å². The van der Waals surface area contributed by atoms with Gasteiger partial charge in [0, 0.05) is 25.7 Å². The molecule has 5 heterocycles. The Morgan fingerprint density at radius 1 is 1.11 bits per heavy atom. The second-order valence-electron chi connectivity index (χ2n) is 9.86. The fraction of sp³-hybridized carbons (Fsp3) is 0.462. The summed E-state index contributed by atoms with van der Waals surface area (Å²) in [5.74, 6) is 0.631. The summed E-state index contributed by atoms with van der Waals surface area (Å²) >= 11 is 0. The summed E-state index contributed by atoms with van der Waals surface area (Å²) in [6.45, 7) is 7.30. The molecule has 0 bridgehead atoms. The highest BCUT2D eigenvalue weighted by atomic mass is 19.1. The third-order valence-corrected chi connectivity index (χ3v) is 7.34. The lowest BCUT2D eigenvalue weighted by Crippen LogP contribution is -2.44. The van der Waals surface area contributed by atoms with Crippen LogP contribution in [0.3, 0.4) is 0 Å². The van der Waals surface area contributed by atoms with Crippen LogP contribution in [0, 0.1) is 18.7 Å². The van der Waals surface area contributed by atoms with E-state index in [1.54, 1.807) is 17.7 Å². The van der Waals surface area contributed by atoms with Crippen molar-refractivity contribution >= 4 is 22.8 Å². The van der Waals surface area contributed by atoms with Gasteiger partial charge in [-0.1, -0.05) is 0 Å². The number of anilines is 2. The zero-order valence-electron chi connectivity index (χ0n) is 21.7. The van der Waals surface area contributed by atoms with E-state index in [1.807, 2.05) is 13.0 Å². The topological polar surface area (TPSA) is 98.0 Å². The standard InChI is InChI=1S/C26H31F2N9O/c1-15-14-38-11-10-35(15)22-13-20(23-16(2)34-37(24(23)28)18-6-8-30-9-7-18)32-26(33-22)36-21-5-4-17(27)12-19(21)31-25(36)29-3/h4-5,12-13,15,18,30H,6-11,14H2,1-3H3,(H,29,31)/t15-/m1/s1. The van der Waals surface area contributed by atoms with E-state index in [1.165, 1.54) is 16.8 Å². The highest BCUT2D eigenvalue weighted by Crippen LogP contribution is 2.33. The normalized spacial score (nSPS) is 18.9. The largest absolute Gasteiger partial charge is 0.377 e. The first-order valence-electron chi connectivity index (χ1n) is 13.0. The van der Waals surface area contributed by atoms with Gasteiger partial charge in [-0.05, 0) is 51.9 Å². The van der Waals surface area contributed by atoms with Gasteiger partial charge in [0.1, 0.15) is 11.6 Å². The molecule has 0 spiro atoms. The molecule has 2 N–H and O–H groups in total. The lowest BCUT2D eigenvalue weighted by molar-refractivity contribution is 0.0985. The summed E-state index contributed by atoms with van der Waals surface area (Å²) in [4.78, 5) is 16.4. The number of fused-ring (bicyclic) bond motifs is 1. The van der Waals surface area contributed by atoms with Crippen LogP contribution >= 0.6 is 0 Å².